The van der Waals surface area contributed by atoms with Gasteiger partial charge < -0.3 is 14.8 Å². The summed E-state index contributed by atoms with van der Waals surface area (Å²) in [7, 11) is 1.27. The van der Waals surface area contributed by atoms with E-state index in [1.165, 1.54) is 7.11 Å². The van der Waals surface area contributed by atoms with Crippen LogP contribution < -0.4 is 10.1 Å². The second kappa shape index (κ2) is 6.11. The molecule has 0 aromatic heterocycles. The summed E-state index contributed by atoms with van der Waals surface area (Å²) in [5, 5.41) is 2.50. The first kappa shape index (κ1) is 14.5. The molecule has 1 heterocycles. The predicted octanol–water partition coefficient (Wildman–Crippen LogP) is 2.85. The Kier molecular flexibility index (Phi) is 4.02. The molecule has 2 aromatic carbocycles. The van der Waals surface area contributed by atoms with Crippen molar-refractivity contribution < 1.29 is 19.1 Å². The Morgan fingerprint density at radius 3 is 2.73 bits per heavy atom. The Bertz CT molecular complexity index is 745. The first-order chi connectivity index (χ1) is 10.7. The maximum Gasteiger partial charge on any atom is 0.325 e. The zero-order chi connectivity index (χ0) is 15.5. The van der Waals surface area contributed by atoms with Crippen LogP contribution in [0.25, 0.3) is 0 Å². The number of carbonyl (C=O) groups excluding carboxylic acids is 2. The lowest BCUT2D eigenvalue weighted by atomic mass is 10.2. The van der Waals surface area contributed by atoms with E-state index < -0.39 is 5.97 Å². The van der Waals surface area contributed by atoms with Gasteiger partial charge >= 0.3 is 5.97 Å². The van der Waals surface area contributed by atoms with Crippen LogP contribution in [0.3, 0.4) is 0 Å². The molecule has 0 saturated heterocycles. The highest BCUT2D eigenvalue weighted by atomic mass is 32.2. The number of hydrogen-bond donors (Lipinski definition) is 1. The minimum atomic E-state index is -0.493. The van der Waals surface area contributed by atoms with Crippen molar-refractivity contribution in [2.75, 3.05) is 13.7 Å². The van der Waals surface area contributed by atoms with Crippen LogP contribution in [0, 0.1) is 0 Å². The molecule has 1 aliphatic rings. The van der Waals surface area contributed by atoms with Crippen molar-refractivity contribution in [2.24, 2.45) is 0 Å². The number of benzene rings is 2. The number of fused-ring (bicyclic) bond motifs is 2. The summed E-state index contributed by atoms with van der Waals surface area (Å²) in [5.41, 5.74) is 0.433. The molecule has 2 aromatic rings. The lowest BCUT2D eigenvalue weighted by Crippen LogP contribution is -2.30. The number of para-hydroxylation sites is 1. The fraction of sp³-hybridized carbons (Fsp3) is 0.125. The van der Waals surface area contributed by atoms with Gasteiger partial charge in [0, 0.05) is 5.56 Å². The molecule has 22 heavy (non-hydrogen) atoms. The van der Waals surface area contributed by atoms with Crippen molar-refractivity contribution in [3.05, 3.63) is 48.0 Å². The molecule has 0 saturated carbocycles. The van der Waals surface area contributed by atoms with Crippen molar-refractivity contribution in [3.63, 3.8) is 0 Å². The molecule has 1 N–H and O–H groups in total. The molecule has 0 spiro atoms. The minimum absolute atomic E-state index is 0.162. The number of esters is 1. The smallest absolute Gasteiger partial charge is 0.325 e. The summed E-state index contributed by atoms with van der Waals surface area (Å²) in [4.78, 5) is 25.1. The highest BCUT2D eigenvalue weighted by molar-refractivity contribution is 7.99. The number of methoxy groups -OCH3 is 1. The van der Waals surface area contributed by atoms with Gasteiger partial charge in [0.05, 0.1) is 16.9 Å². The highest BCUT2D eigenvalue weighted by Gasteiger charge is 2.19. The molecule has 0 radical (unpaired) electrons. The maximum absolute atomic E-state index is 12.0. The summed E-state index contributed by atoms with van der Waals surface area (Å²) in [6.45, 7) is -0.162. The summed E-state index contributed by atoms with van der Waals surface area (Å²) < 4.78 is 10.3. The van der Waals surface area contributed by atoms with Gasteiger partial charge in [0.2, 0.25) is 0 Å². The number of ether oxygens (including phenoxy) is 2. The zero-order valence-corrected chi connectivity index (χ0v) is 12.6. The average Bonchev–Trinajstić information content (AvgIpc) is 2.56. The Labute approximate surface area is 131 Å². The van der Waals surface area contributed by atoms with E-state index in [1.807, 2.05) is 30.3 Å². The maximum atomic E-state index is 12.0. The molecular weight excluding hydrogens is 302 g/mol. The molecule has 5 nitrogen and oxygen atoms in total. The predicted molar refractivity (Wildman–Crippen MR) is 81.4 cm³/mol. The number of amides is 1. The summed E-state index contributed by atoms with van der Waals surface area (Å²) >= 11 is 1.59. The SMILES string of the molecule is COC(=O)CNC(=O)c1ccc2c(c1)Oc1ccccc1S2. The van der Waals surface area contributed by atoms with E-state index in [2.05, 4.69) is 10.1 Å². The van der Waals surface area contributed by atoms with Gasteiger partial charge in [-0.15, -0.1) is 0 Å². The molecule has 6 heteroatoms. The molecule has 0 atom stereocenters. The van der Waals surface area contributed by atoms with Gasteiger partial charge in [-0.25, -0.2) is 0 Å². The van der Waals surface area contributed by atoms with Gasteiger partial charge in [-0.2, -0.15) is 0 Å². The Morgan fingerprint density at radius 2 is 1.91 bits per heavy atom. The van der Waals surface area contributed by atoms with Crippen LogP contribution in [0.4, 0.5) is 0 Å². The van der Waals surface area contributed by atoms with E-state index in [-0.39, 0.29) is 12.5 Å². The van der Waals surface area contributed by atoms with Crippen LogP contribution in [-0.2, 0) is 9.53 Å². The molecule has 0 aliphatic carbocycles. The first-order valence-corrected chi connectivity index (χ1v) is 7.43. The van der Waals surface area contributed by atoms with E-state index >= 15 is 0 Å². The first-order valence-electron chi connectivity index (χ1n) is 6.61. The molecular formula is C16H13NO4S. The number of nitrogens with one attached hydrogen (secondary N) is 1. The fourth-order valence-electron chi connectivity index (χ4n) is 2.00. The number of rotatable bonds is 3. The van der Waals surface area contributed by atoms with Crippen molar-refractivity contribution in [1.82, 2.24) is 5.32 Å². The van der Waals surface area contributed by atoms with Gasteiger partial charge in [0.1, 0.15) is 18.0 Å². The Balaban J connectivity index is 1.78. The van der Waals surface area contributed by atoms with E-state index in [9.17, 15) is 9.59 Å². The highest BCUT2D eigenvalue weighted by Crippen LogP contribution is 2.46. The average molecular weight is 315 g/mol. The zero-order valence-electron chi connectivity index (χ0n) is 11.8. The quantitative estimate of drug-likeness (QED) is 0.753. The van der Waals surface area contributed by atoms with Gasteiger partial charge in [0.25, 0.3) is 5.91 Å². The van der Waals surface area contributed by atoms with Crippen molar-refractivity contribution in [1.29, 1.82) is 0 Å². The molecule has 0 bridgehead atoms. The van der Waals surface area contributed by atoms with Crippen LogP contribution in [0.2, 0.25) is 0 Å². The van der Waals surface area contributed by atoms with E-state index in [1.54, 1.807) is 23.9 Å². The van der Waals surface area contributed by atoms with Gasteiger partial charge in [0.15, 0.2) is 0 Å². The van der Waals surface area contributed by atoms with Crippen LogP contribution in [0.15, 0.2) is 52.3 Å². The van der Waals surface area contributed by atoms with Crippen molar-refractivity contribution in [2.45, 2.75) is 9.79 Å². The Morgan fingerprint density at radius 1 is 1.14 bits per heavy atom. The largest absolute Gasteiger partial charge is 0.468 e. The van der Waals surface area contributed by atoms with Crippen LogP contribution >= 0.6 is 11.8 Å². The molecule has 1 amide bonds. The molecule has 112 valence electrons. The minimum Gasteiger partial charge on any atom is -0.468 e. The second-order valence-corrected chi connectivity index (χ2v) is 5.65. The second-order valence-electron chi connectivity index (χ2n) is 4.57. The van der Waals surface area contributed by atoms with Crippen LogP contribution in [0.5, 0.6) is 11.5 Å². The summed E-state index contributed by atoms with van der Waals surface area (Å²) in [5.74, 6) is 0.564. The summed E-state index contributed by atoms with van der Waals surface area (Å²) in [6, 6.07) is 12.9. The van der Waals surface area contributed by atoms with Crippen molar-refractivity contribution in [3.8, 4) is 11.5 Å². The third kappa shape index (κ3) is 2.92. The number of carbonyl (C=O) groups is 2. The lowest BCUT2D eigenvalue weighted by Gasteiger charge is -2.19. The summed E-state index contributed by atoms with van der Waals surface area (Å²) in [6.07, 6.45) is 0. The number of hydrogen-bond acceptors (Lipinski definition) is 5. The van der Waals surface area contributed by atoms with Crippen LogP contribution in [0.1, 0.15) is 10.4 Å². The molecule has 1 aliphatic heterocycles. The monoisotopic (exact) mass is 315 g/mol. The van der Waals surface area contributed by atoms with E-state index in [4.69, 9.17) is 4.74 Å². The topological polar surface area (TPSA) is 64.6 Å². The van der Waals surface area contributed by atoms with E-state index in [0.29, 0.717) is 11.3 Å². The molecule has 0 fully saturated rings. The van der Waals surface area contributed by atoms with Gasteiger partial charge in [-0.3, -0.25) is 9.59 Å². The lowest BCUT2D eigenvalue weighted by molar-refractivity contribution is -0.139. The third-order valence-corrected chi connectivity index (χ3v) is 4.23. The van der Waals surface area contributed by atoms with Gasteiger partial charge in [-0.05, 0) is 30.3 Å². The molecule has 0 unspecified atom stereocenters. The van der Waals surface area contributed by atoms with E-state index in [0.717, 1.165) is 15.5 Å². The fourth-order valence-corrected chi connectivity index (χ4v) is 2.93. The van der Waals surface area contributed by atoms with Gasteiger partial charge in [-0.1, -0.05) is 23.9 Å². The normalized spacial score (nSPS) is 11.7. The van der Waals surface area contributed by atoms with Crippen LogP contribution in [-0.4, -0.2) is 25.5 Å². The Hall–Kier alpha value is -2.47. The molecule has 3 rings (SSSR count). The third-order valence-electron chi connectivity index (χ3n) is 3.12. The van der Waals surface area contributed by atoms with Crippen molar-refractivity contribution >= 4 is 23.6 Å². The standard InChI is InChI=1S/C16H13NO4S/c1-20-15(18)9-17-16(19)10-6-7-14-12(8-10)21-11-4-2-3-5-13(11)22-14/h2-8H,9H2,1H3,(H,17,19).